The Morgan fingerprint density at radius 1 is 1.27 bits per heavy atom. The van der Waals surface area contributed by atoms with Gasteiger partial charge in [0.25, 0.3) is 0 Å². The van der Waals surface area contributed by atoms with Gasteiger partial charge in [0.05, 0.1) is 0 Å². The molecule has 0 heterocycles. The van der Waals surface area contributed by atoms with E-state index in [0.29, 0.717) is 6.42 Å². The van der Waals surface area contributed by atoms with Crippen molar-refractivity contribution in [3.8, 4) is 0 Å². The molecule has 0 saturated carbocycles. The number of carbonyl (C=O) groups excluding carboxylic acids is 1. The molecule has 0 saturated heterocycles. The SMILES string of the molecule is C=CC(=O)CCCCCCI. The van der Waals surface area contributed by atoms with Gasteiger partial charge in [0.2, 0.25) is 0 Å². The Kier molecular flexibility index (Phi) is 8.34. The molecule has 0 aromatic rings. The third-order valence-corrected chi connectivity index (χ3v) is 2.30. The minimum absolute atomic E-state index is 0.180. The van der Waals surface area contributed by atoms with E-state index in [0.717, 1.165) is 6.42 Å². The lowest BCUT2D eigenvalue weighted by molar-refractivity contribution is -0.114. The molecule has 0 bridgehead atoms. The normalized spacial score (nSPS) is 9.55. The van der Waals surface area contributed by atoms with Crippen LogP contribution in [0.15, 0.2) is 12.7 Å². The molecule has 0 atom stereocenters. The first-order valence-electron chi connectivity index (χ1n) is 4.02. The minimum Gasteiger partial charge on any atom is -0.295 e. The fraction of sp³-hybridized carbons (Fsp3) is 0.667. The molecule has 0 aromatic carbocycles. The van der Waals surface area contributed by atoms with Gasteiger partial charge in [-0.2, -0.15) is 0 Å². The van der Waals surface area contributed by atoms with Crippen molar-refractivity contribution in [1.29, 1.82) is 0 Å². The second-order valence-electron chi connectivity index (χ2n) is 2.52. The van der Waals surface area contributed by atoms with Gasteiger partial charge in [0.15, 0.2) is 5.78 Å². The van der Waals surface area contributed by atoms with Crippen LogP contribution in [0.3, 0.4) is 0 Å². The first-order valence-corrected chi connectivity index (χ1v) is 5.55. The molecule has 0 fully saturated rings. The second-order valence-corrected chi connectivity index (χ2v) is 3.60. The van der Waals surface area contributed by atoms with E-state index in [4.69, 9.17) is 0 Å². The van der Waals surface area contributed by atoms with Crippen molar-refractivity contribution in [2.45, 2.75) is 32.1 Å². The zero-order chi connectivity index (χ0) is 8.53. The van der Waals surface area contributed by atoms with Crippen LogP contribution in [-0.2, 0) is 4.79 Å². The number of hydrogen-bond donors (Lipinski definition) is 0. The van der Waals surface area contributed by atoms with Crippen molar-refractivity contribution in [2.75, 3.05) is 4.43 Å². The number of alkyl halides is 1. The number of allylic oxidation sites excluding steroid dienone is 1. The average Bonchev–Trinajstić information content (AvgIpc) is 2.04. The molecular weight excluding hydrogens is 251 g/mol. The van der Waals surface area contributed by atoms with Gasteiger partial charge in [-0.1, -0.05) is 42.0 Å². The third kappa shape index (κ3) is 8.04. The number of unbranched alkanes of at least 4 members (excludes halogenated alkanes) is 3. The molecule has 0 unspecified atom stereocenters. The molecule has 11 heavy (non-hydrogen) atoms. The Morgan fingerprint density at radius 2 is 1.91 bits per heavy atom. The van der Waals surface area contributed by atoms with E-state index in [2.05, 4.69) is 29.2 Å². The largest absolute Gasteiger partial charge is 0.295 e. The van der Waals surface area contributed by atoms with Crippen LogP contribution in [0.5, 0.6) is 0 Å². The quantitative estimate of drug-likeness (QED) is 0.299. The predicted octanol–water partition coefficient (Wildman–Crippen LogP) is 3.13. The van der Waals surface area contributed by atoms with E-state index in [1.54, 1.807) is 0 Å². The highest BCUT2D eigenvalue weighted by Gasteiger charge is 1.94. The topological polar surface area (TPSA) is 17.1 Å². The summed E-state index contributed by atoms with van der Waals surface area (Å²) in [6.45, 7) is 3.42. The van der Waals surface area contributed by atoms with Crippen LogP contribution in [0, 0.1) is 0 Å². The summed E-state index contributed by atoms with van der Waals surface area (Å²) in [5.41, 5.74) is 0. The molecule has 1 nitrogen and oxygen atoms in total. The van der Waals surface area contributed by atoms with Crippen molar-refractivity contribution in [3.63, 3.8) is 0 Å². The smallest absolute Gasteiger partial charge is 0.155 e. The van der Waals surface area contributed by atoms with Gasteiger partial charge in [-0.05, 0) is 23.3 Å². The zero-order valence-corrected chi connectivity index (χ0v) is 8.97. The van der Waals surface area contributed by atoms with Crippen LogP contribution >= 0.6 is 22.6 Å². The summed E-state index contributed by atoms with van der Waals surface area (Å²) in [5.74, 6) is 0.180. The molecule has 0 radical (unpaired) electrons. The van der Waals surface area contributed by atoms with Crippen LogP contribution in [0.4, 0.5) is 0 Å². The Hall–Kier alpha value is 0.140. The van der Waals surface area contributed by atoms with Crippen LogP contribution in [0.25, 0.3) is 0 Å². The van der Waals surface area contributed by atoms with E-state index < -0.39 is 0 Å². The fourth-order valence-electron chi connectivity index (χ4n) is 0.849. The highest BCUT2D eigenvalue weighted by molar-refractivity contribution is 14.1. The molecule has 0 spiro atoms. The first kappa shape index (κ1) is 11.1. The Morgan fingerprint density at radius 3 is 2.45 bits per heavy atom. The van der Waals surface area contributed by atoms with Crippen molar-refractivity contribution < 1.29 is 4.79 Å². The van der Waals surface area contributed by atoms with Gasteiger partial charge in [0, 0.05) is 6.42 Å². The summed E-state index contributed by atoms with van der Waals surface area (Å²) in [7, 11) is 0. The third-order valence-electron chi connectivity index (χ3n) is 1.53. The lowest BCUT2D eigenvalue weighted by Gasteiger charge is -1.95. The van der Waals surface area contributed by atoms with Crippen LogP contribution < -0.4 is 0 Å². The second kappa shape index (κ2) is 8.24. The molecule has 0 aliphatic rings. The summed E-state index contributed by atoms with van der Waals surface area (Å²) in [6, 6.07) is 0. The Balaban J connectivity index is 3.01. The molecular formula is C9H15IO. The van der Waals surface area contributed by atoms with Gasteiger partial charge in [-0.15, -0.1) is 0 Å². The van der Waals surface area contributed by atoms with Gasteiger partial charge < -0.3 is 0 Å². The standard InChI is InChI=1S/C9H15IO/c1-2-9(11)7-5-3-4-6-8-10/h2H,1,3-8H2. The van der Waals surface area contributed by atoms with Crippen molar-refractivity contribution in [3.05, 3.63) is 12.7 Å². The van der Waals surface area contributed by atoms with E-state index in [1.807, 2.05) is 0 Å². The predicted molar refractivity (Wildman–Crippen MR) is 57.2 cm³/mol. The fourth-order valence-corrected chi connectivity index (χ4v) is 1.39. The van der Waals surface area contributed by atoms with Gasteiger partial charge >= 0.3 is 0 Å². The van der Waals surface area contributed by atoms with E-state index in [-0.39, 0.29) is 5.78 Å². The molecule has 0 aliphatic carbocycles. The number of ketones is 1. The van der Waals surface area contributed by atoms with Crippen molar-refractivity contribution >= 4 is 28.4 Å². The summed E-state index contributed by atoms with van der Waals surface area (Å²) < 4.78 is 1.23. The maximum Gasteiger partial charge on any atom is 0.155 e. The minimum atomic E-state index is 0.180. The highest BCUT2D eigenvalue weighted by atomic mass is 127. The first-order chi connectivity index (χ1) is 5.31. The molecule has 0 rings (SSSR count). The van der Waals surface area contributed by atoms with Crippen LogP contribution in [0.1, 0.15) is 32.1 Å². The number of halogens is 1. The van der Waals surface area contributed by atoms with Gasteiger partial charge in [0.1, 0.15) is 0 Å². The van der Waals surface area contributed by atoms with Gasteiger partial charge in [-0.25, -0.2) is 0 Å². The molecule has 64 valence electrons. The van der Waals surface area contributed by atoms with Crippen molar-refractivity contribution in [2.24, 2.45) is 0 Å². The van der Waals surface area contributed by atoms with Crippen molar-refractivity contribution in [1.82, 2.24) is 0 Å². The highest BCUT2D eigenvalue weighted by Crippen LogP contribution is 2.05. The number of hydrogen-bond acceptors (Lipinski definition) is 1. The maximum atomic E-state index is 10.7. The van der Waals surface area contributed by atoms with Crippen LogP contribution in [0.2, 0.25) is 0 Å². The Bertz CT molecular complexity index is 121. The average molecular weight is 266 g/mol. The Labute approximate surface area is 82.4 Å². The maximum absolute atomic E-state index is 10.7. The van der Waals surface area contributed by atoms with E-state index in [1.165, 1.54) is 29.8 Å². The molecule has 0 aliphatic heterocycles. The summed E-state index contributed by atoms with van der Waals surface area (Å²) in [5, 5.41) is 0. The monoisotopic (exact) mass is 266 g/mol. The summed E-state index contributed by atoms with van der Waals surface area (Å²) in [4.78, 5) is 10.7. The molecule has 2 heteroatoms. The molecule has 0 amide bonds. The molecule has 0 N–H and O–H groups in total. The zero-order valence-electron chi connectivity index (χ0n) is 6.81. The lowest BCUT2D eigenvalue weighted by Crippen LogP contribution is -1.91. The molecule has 0 aromatic heterocycles. The van der Waals surface area contributed by atoms with Crippen LogP contribution in [-0.4, -0.2) is 10.2 Å². The van der Waals surface area contributed by atoms with E-state index >= 15 is 0 Å². The number of carbonyl (C=O) groups is 1. The van der Waals surface area contributed by atoms with Gasteiger partial charge in [-0.3, -0.25) is 4.79 Å². The number of rotatable bonds is 7. The lowest BCUT2D eigenvalue weighted by atomic mass is 10.1. The van der Waals surface area contributed by atoms with E-state index in [9.17, 15) is 4.79 Å². The summed E-state index contributed by atoms with van der Waals surface area (Å²) in [6.07, 6.45) is 6.85. The summed E-state index contributed by atoms with van der Waals surface area (Å²) >= 11 is 2.38.